The van der Waals surface area contributed by atoms with Crippen molar-refractivity contribution in [3.05, 3.63) is 0 Å². The maximum absolute atomic E-state index is 10.9. The highest BCUT2D eigenvalue weighted by molar-refractivity contribution is 9.10. The van der Waals surface area contributed by atoms with E-state index in [0.717, 1.165) is 0 Å². The summed E-state index contributed by atoms with van der Waals surface area (Å²) in [6.07, 6.45) is 0. The molecule has 74 valence electrons. The fraction of sp³-hybridized carbons (Fsp3) is 0.889. The van der Waals surface area contributed by atoms with Gasteiger partial charge in [-0.05, 0) is 27.7 Å². The van der Waals surface area contributed by atoms with Crippen molar-refractivity contribution < 1.29 is 9.53 Å². The molecule has 0 aliphatic carbocycles. The lowest BCUT2D eigenvalue weighted by Gasteiger charge is -2.20. The molecule has 0 rings (SSSR count). The van der Waals surface area contributed by atoms with Crippen molar-refractivity contribution >= 4 is 21.9 Å². The van der Waals surface area contributed by atoms with Gasteiger partial charge in [-0.15, -0.1) is 0 Å². The molecule has 0 N–H and O–H groups in total. The molecule has 0 aromatic heterocycles. The molecular formula is C9H19BrO2. The summed E-state index contributed by atoms with van der Waals surface area (Å²) in [7, 11) is 0. The van der Waals surface area contributed by atoms with Crippen LogP contribution in [0.15, 0.2) is 0 Å². The second-order valence-electron chi connectivity index (χ2n) is 3.15. The lowest BCUT2D eigenvalue weighted by Crippen LogP contribution is -2.27. The van der Waals surface area contributed by atoms with Gasteiger partial charge in [0.1, 0.15) is 10.4 Å². The van der Waals surface area contributed by atoms with E-state index in [-0.39, 0.29) is 16.4 Å². The molecule has 0 saturated carbocycles. The summed E-state index contributed by atoms with van der Waals surface area (Å²) in [6, 6.07) is 0. The lowest BCUT2D eigenvalue weighted by atomic mass is 10.2. The second-order valence-corrected chi connectivity index (χ2v) is 4.52. The van der Waals surface area contributed by atoms with E-state index in [9.17, 15) is 4.79 Å². The van der Waals surface area contributed by atoms with Gasteiger partial charge < -0.3 is 4.74 Å². The van der Waals surface area contributed by atoms with Crippen LogP contribution >= 0.6 is 15.9 Å². The summed E-state index contributed by atoms with van der Waals surface area (Å²) in [6.45, 7) is 11.3. The first-order valence-corrected chi connectivity index (χ1v) is 5.11. The maximum Gasteiger partial charge on any atom is 0.319 e. The van der Waals surface area contributed by atoms with Crippen LogP contribution < -0.4 is 0 Å². The van der Waals surface area contributed by atoms with Gasteiger partial charge in [-0.2, -0.15) is 0 Å². The number of carbonyl (C=O) groups excluding carboxylic acids is 1. The summed E-state index contributed by atoms with van der Waals surface area (Å²) >= 11 is 3.12. The quantitative estimate of drug-likeness (QED) is 0.519. The number of alkyl halides is 1. The number of hydrogen-bond donors (Lipinski definition) is 0. The zero-order valence-corrected chi connectivity index (χ0v) is 10.4. The van der Waals surface area contributed by atoms with Gasteiger partial charge in [-0.3, -0.25) is 4.79 Å². The number of halogens is 1. The molecule has 0 aliphatic rings. The zero-order chi connectivity index (χ0) is 10.4. The van der Waals surface area contributed by atoms with E-state index in [4.69, 9.17) is 4.74 Å². The Morgan fingerprint density at radius 1 is 1.33 bits per heavy atom. The summed E-state index contributed by atoms with van der Waals surface area (Å²) in [5.41, 5.74) is -0.376. The fourth-order valence-electron chi connectivity index (χ4n) is 0.383. The van der Waals surface area contributed by atoms with Gasteiger partial charge in [-0.25, -0.2) is 0 Å². The van der Waals surface area contributed by atoms with Crippen LogP contribution in [0.3, 0.4) is 0 Å². The van der Waals surface area contributed by atoms with Gasteiger partial charge in [0.05, 0.1) is 0 Å². The Kier molecular flexibility index (Phi) is 7.80. The normalized spacial score (nSPS) is 12.6. The summed E-state index contributed by atoms with van der Waals surface area (Å²) in [5, 5.41) is 0. The molecule has 0 aliphatic heterocycles. The third-order valence-electron chi connectivity index (χ3n) is 0.732. The van der Waals surface area contributed by atoms with Crippen LogP contribution in [0.5, 0.6) is 0 Å². The van der Waals surface area contributed by atoms with Crippen molar-refractivity contribution in [1.82, 2.24) is 0 Å². The van der Waals surface area contributed by atoms with Gasteiger partial charge in [0.2, 0.25) is 0 Å². The van der Waals surface area contributed by atoms with Crippen molar-refractivity contribution in [3.8, 4) is 0 Å². The predicted molar refractivity (Wildman–Crippen MR) is 55.6 cm³/mol. The van der Waals surface area contributed by atoms with Crippen LogP contribution in [-0.4, -0.2) is 16.4 Å². The van der Waals surface area contributed by atoms with Gasteiger partial charge in [0.15, 0.2) is 0 Å². The molecule has 1 atom stereocenters. The van der Waals surface area contributed by atoms with Crippen LogP contribution in [0.25, 0.3) is 0 Å². The van der Waals surface area contributed by atoms with Crippen molar-refractivity contribution in [2.45, 2.75) is 52.0 Å². The number of esters is 1. The highest BCUT2D eigenvalue weighted by Crippen LogP contribution is 2.10. The molecule has 0 radical (unpaired) electrons. The first kappa shape index (κ1) is 14.5. The van der Waals surface area contributed by atoms with Gasteiger partial charge in [0, 0.05) is 0 Å². The second kappa shape index (κ2) is 6.46. The van der Waals surface area contributed by atoms with Gasteiger partial charge in [-0.1, -0.05) is 29.8 Å². The minimum atomic E-state index is -0.376. The third kappa shape index (κ3) is 9.95. The highest BCUT2D eigenvalue weighted by Gasteiger charge is 2.19. The lowest BCUT2D eigenvalue weighted by molar-refractivity contribution is -0.153. The molecule has 0 aromatic rings. The molecule has 12 heavy (non-hydrogen) atoms. The predicted octanol–water partition coefficient (Wildman–Crippen LogP) is 3.14. The van der Waals surface area contributed by atoms with E-state index in [0.29, 0.717) is 0 Å². The number of rotatable bonds is 1. The standard InChI is InChI=1S/C7H13BrO2.C2H6/c1-5(8)6(9)10-7(2,3)4;1-2/h5H,1-4H3;1-2H3. The topological polar surface area (TPSA) is 26.3 Å². The van der Waals surface area contributed by atoms with E-state index in [2.05, 4.69) is 15.9 Å². The molecule has 0 saturated heterocycles. The Labute approximate surface area is 83.8 Å². The maximum atomic E-state index is 10.9. The SMILES string of the molecule is CC.CC(Br)C(=O)OC(C)(C)C. The van der Waals surface area contributed by atoms with Crippen molar-refractivity contribution in [3.63, 3.8) is 0 Å². The van der Waals surface area contributed by atoms with Crippen LogP contribution in [0.2, 0.25) is 0 Å². The molecule has 0 aromatic carbocycles. The highest BCUT2D eigenvalue weighted by atomic mass is 79.9. The van der Waals surface area contributed by atoms with Crippen LogP contribution in [0, 0.1) is 0 Å². The number of carbonyl (C=O) groups is 1. The summed E-state index contributed by atoms with van der Waals surface area (Å²) in [4.78, 5) is 10.7. The van der Waals surface area contributed by atoms with Gasteiger partial charge >= 0.3 is 5.97 Å². The van der Waals surface area contributed by atoms with E-state index >= 15 is 0 Å². The minimum absolute atomic E-state index is 0.215. The number of hydrogen-bond acceptors (Lipinski definition) is 2. The molecule has 0 spiro atoms. The summed E-state index contributed by atoms with van der Waals surface area (Å²) < 4.78 is 5.01. The van der Waals surface area contributed by atoms with Crippen molar-refractivity contribution in [2.24, 2.45) is 0 Å². The average Bonchev–Trinajstić information content (AvgIpc) is 1.88. The molecule has 1 unspecified atom stereocenters. The van der Waals surface area contributed by atoms with E-state index in [1.807, 2.05) is 34.6 Å². The van der Waals surface area contributed by atoms with E-state index in [1.165, 1.54) is 0 Å². The Hall–Kier alpha value is -0.0500. The molecule has 0 fully saturated rings. The molecular weight excluding hydrogens is 220 g/mol. The molecule has 3 heteroatoms. The number of ether oxygens (including phenoxy) is 1. The zero-order valence-electron chi connectivity index (χ0n) is 8.77. The third-order valence-corrected chi connectivity index (χ3v) is 1.11. The van der Waals surface area contributed by atoms with Crippen LogP contribution in [0.4, 0.5) is 0 Å². The first-order chi connectivity index (χ1) is 5.33. The Bertz CT molecular complexity index is 125. The Balaban J connectivity index is 0. The Morgan fingerprint density at radius 3 is 1.75 bits per heavy atom. The summed E-state index contributed by atoms with van der Waals surface area (Å²) in [5.74, 6) is -0.215. The minimum Gasteiger partial charge on any atom is -0.459 e. The van der Waals surface area contributed by atoms with Crippen molar-refractivity contribution in [1.29, 1.82) is 0 Å². The van der Waals surface area contributed by atoms with Gasteiger partial charge in [0.25, 0.3) is 0 Å². The smallest absolute Gasteiger partial charge is 0.319 e. The average molecular weight is 239 g/mol. The first-order valence-electron chi connectivity index (χ1n) is 4.20. The Morgan fingerprint density at radius 2 is 1.67 bits per heavy atom. The molecule has 2 nitrogen and oxygen atoms in total. The molecule has 0 heterocycles. The van der Waals surface area contributed by atoms with Crippen LogP contribution in [0.1, 0.15) is 41.5 Å². The fourth-order valence-corrected chi connectivity index (χ4v) is 0.476. The largest absolute Gasteiger partial charge is 0.459 e. The van der Waals surface area contributed by atoms with Crippen LogP contribution in [-0.2, 0) is 9.53 Å². The monoisotopic (exact) mass is 238 g/mol. The van der Waals surface area contributed by atoms with E-state index < -0.39 is 0 Å². The molecule has 0 amide bonds. The molecule has 0 bridgehead atoms. The van der Waals surface area contributed by atoms with E-state index in [1.54, 1.807) is 6.92 Å². The van der Waals surface area contributed by atoms with Crippen molar-refractivity contribution in [2.75, 3.05) is 0 Å².